The van der Waals surface area contributed by atoms with Crippen LogP contribution in [0.4, 0.5) is 0 Å². The van der Waals surface area contributed by atoms with E-state index in [1.54, 1.807) is 0 Å². The van der Waals surface area contributed by atoms with Crippen LogP contribution in [0.15, 0.2) is 126 Å². The van der Waals surface area contributed by atoms with Crippen LogP contribution in [0.25, 0.3) is 61.3 Å². The summed E-state index contributed by atoms with van der Waals surface area (Å²) in [4.78, 5) is 9.63. The third-order valence-corrected chi connectivity index (χ3v) is 11.4. The largest absolute Gasteiger partial charge is 0.501 e. The van der Waals surface area contributed by atoms with Gasteiger partial charge in [0.05, 0.1) is 30.5 Å². The van der Waals surface area contributed by atoms with E-state index in [1.807, 2.05) is 74.6 Å². The first-order valence-electron chi connectivity index (χ1n) is 18.1. The van der Waals surface area contributed by atoms with Crippen molar-refractivity contribution in [3.63, 3.8) is 0 Å². The van der Waals surface area contributed by atoms with Crippen molar-refractivity contribution in [1.82, 2.24) is 14.5 Å². The van der Waals surface area contributed by atoms with E-state index in [0.29, 0.717) is 0 Å². The maximum atomic E-state index is 8.44. The van der Waals surface area contributed by atoms with Crippen LogP contribution in [0.1, 0.15) is 53.0 Å². The molecule has 4 nitrogen and oxygen atoms in total. The molecule has 8 aromatic rings. The molecule has 0 atom stereocenters. The number of aromatic nitrogens is 3. The van der Waals surface area contributed by atoms with Crippen molar-refractivity contribution < 1.29 is 25.9 Å². The van der Waals surface area contributed by atoms with Gasteiger partial charge in [-0.15, -0.1) is 54.1 Å². The van der Waals surface area contributed by atoms with Gasteiger partial charge < -0.3 is 14.0 Å². The van der Waals surface area contributed by atoms with Crippen LogP contribution < -0.4 is 5.19 Å². The number of para-hydroxylation sites is 3. The van der Waals surface area contributed by atoms with Gasteiger partial charge in [0.1, 0.15) is 5.58 Å². The molecular formula is C46H45IrN3OSi-2. The predicted molar refractivity (Wildman–Crippen MR) is 217 cm³/mol. The molecule has 3 heterocycles. The minimum Gasteiger partial charge on any atom is -0.501 e. The van der Waals surface area contributed by atoms with Crippen LogP contribution in [0.5, 0.6) is 0 Å². The summed E-state index contributed by atoms with van der Waals surface area (Å²) in [6.45, 7) is 17.5. The van der Waals surface area contributed by atoms with E-state index in [0.717, 1.165) is 66.9 Å². The fourth-order valence-corrected chi connectivity index (χ4v) is 8.17. The van der Waals surface area contributed by atoms with E-state index in [-0.39, 0.29) is 25.5 Å². The van der Waals surface area contributed by atoms with Gasteiger partial charge in [0.25, 0.3) is 0 Å². The molecule has 0 aliphatic carbocycles. The Labute approximate surface area is 323 Å². The zero-order chi connectivity index (χ0) is 36.8. The second-order valence-corrected chi connectivity index (χ2v) is 20.4. The Morgan fingerprint density at radius 2 is 1.52 bits per heavy atom. The maximum Gasteiger partial charge on any atom is 0.120 e. The number of fused-ring (bicyclic) bond motifs is 4. The van der Waals surface area contributed by atoms with E-state index in [4.69, 9.17) is 10.8 Å². The van der Waals surface area contributed by atoms with Crippen LogP contribution in [-0.4, -0.2) is 22.6 Å². The Kier molecular flexibility index (Phi) is 10.2. The Hall–Kier alpha value is -4.61. The summed E-state index contributed by atoms with van der Waals surface area (Å²) in [5.74, 6) is 0.224. The molecule has 0 aliphatic rings. The van der Waals surface area contributed by atoms with E-state index < -0.39 is 14.0 Å². The zero-order valence-corrected chi connectivity index (χ0v) is 34.5. The first-order valence-corrected chi connectivity index (χ1v) is 21.1. The molecule has 5 aromatic carbocycles. The number of hydrogen-bond donors (Lipinski definition) is 0. The summed E-state index contributed by atoms with van der Waals surface area (Å²) in [6.07, 6.45) is 1.98. The summed E-state index contributed by atoms with van der Waals surface area (Å²) < 4.78 is 16.9. The first kappa shape index (κ1) is 35.8. The van der Waals surface area contributed by atoms with Crippen molar-refractivity contribution in [2.75, 3.05) is 0 Å². The normalized spacial score (nSPS) is 12.3. The summed E-state index contributed by atoms with van der Waals surface area (Å²) >= 11 is 0. The third kappa shape index (κ3) is 7.34. The van der Waals surface area contributed by atoms with Gasteiger partial charge in [-0.2, -0.15) is 0 Å². The fourth-order valence-electron chi connectivity index (χ4n) is 6.59. The molecule has 0 fully saturated rings. The standard InChI is InChI=1S/C29H23N2O.C17H22NSi.Ir/c1-29(2,3)19-15-17-20(18-16-19)31-25-13-6-5-12-24(25)30-28(31)23-11-8-10-22-21-9-4-7-14-26(21)32-27(22)23;1-13(2)15-11-16(14-9-7-6-8-10-14)18-12-17(15)19(3,4)5;/h4-10,12-18H,1-3H3;6-9,11-13H,1-5H3;/q2*-1;/i;13D;. The van der Waals surface area contributed by atoms with Crippen LogP contribution in [0, 0.1) is 12.1 Å². The number of pyridine rings is 1. The van der Waals surface area contributed by atoms with Crippen LogP contribution in [0.2, 0.25) is 19.6 Å². The maximum absolute atomic E-state index is 8.44. The fraction of sp³-hybridized carbons (Fsp3) is 0.217. The molecule has 52 heavy (non-hydrogen) atoms. The van der Waals surface area contributed by atoms with Crippen molar-refractivity contribution in [2.45, 2.75) is 65.6 Å². The van der Waals surface area contributed by atoms with Gasteiger partial charge in [-0.05, 0) is 58.1 Å². The van der Waals surface area contributed by atoms with Crippen molar-refractivity contribution in [3.8, 4) is 28.3 Å². The first-order chi connectivity index (χ1) is 24.7. The second kappa shape index (κ2) is 14.8. The Morgan fingerprint density at radius 3 is 2.21 bits per heavy atom. The zero-order valence-electron chi connectivity index (χ0n) is 32.1. The van der Waals surface area contributed by atoms with E-state index >= 15 is 0 Å². The van der Waals surface area contributed by atoms with Crippen molar-refractivity contribution in [1.29, 1.82) is 0 Å². The summed E-state index contributed by atoms with van der Waals surface area (Å²) in [6, 6.07) is 45.7. The molecule has 6 heteroatoms. The van der Waals surface area contributed by atoms with Crippen LogP contribution in [0.3, 0.4) is 0 Å². The summed E-state index contributed by atoms with van der Waals surface area (Å²) in [5, 5.41) is 3.46. The topological polar surface area (TPSA) is 43.9 Å². The van der Waals surface area contributed by atoms with Gasteiger partial charge in [-0.3, -0.25) is 4.98 Å². The smallest absolute Gasteiger partial charge is 0.120 e. The van der Waals surface area contributed by atoms with Crippen molar-refractivity contribution in [3.05, 3.63) is 145 Å². The van der Waals surface area contributed by atoms with Crippen molar-refractivity contribution in [2.24, 2.45) is 0 Å². The van der Waals surface area contributed by atoms with Gasteiger partial charge in [0.2, 0.25) is 0 Å². The third-order valence-electron chi connectivity index (χ3n) is 9.35. The summed E-state index contributed by atoms with van der Waals surface area (Å²) in [5.41, 5.74) is 10.0. The van der Waals surface area contributed by atoms with Gasteiger partial charge in [0, 0.05) is 38.7 Å². The van der Waals surface area contributed by atoms with Gasteiger partial charge in [-0.25, -0.2) is 0 Å². The Balaban J connectivity index is 0.000000199. The van der Waals surface area contributed by atoms with E-state index in [1.165, 1.54) is 10.8 Å². The van der Waals surface area contributed by atoms with Crippen LogP contribution >= 0.6 is 0 Å². The van der Waals surface area contributed by atoms with Gasteiger partial charge in [0.15, 0.2) is 0 Å². The quantitative estimate of drug-likeness (QED) is 0.128. The molecule has 0 saturated carbocycles. The van der Waals surface area contributed by atoms with E-state index in [9.17, 15) is 0 Å². The molecule has 0 spiro atoms. The van der Waals surface area contributed by atoms with Crippen LogP contribution in [-0.2, 0) is 25.5 Å². The van der Waals surface area contributed by atoms with Crippen molar-refractivity contribution >= 4 is 46.2 Å². The molecular weight excluding hydrogens is 831 g/mol. The molecule has 3 aromatic heterocycles. The SMILES string of the molecule is CC(C)(C)c1ccc(-n2c(-c3[c-]ccc4c3oc3ccccc34)nc3ccccc32)cc1.[2H]C(C)(C)c1cc(-c2[c-]cccc2)ncc1[Si](C)(C)C.[Ir]. The molecule has 0 bridgehead atoms. The minimum absolute atomic E-state index is 0. The molecule has 8 rings (SSSR count). The Bertz CT molecular complexity index is 2520. The molecule has 0 amide bonds. The number of nitrogens with zero attached hydrogens (tertiary/aromatic N) is 3. The van der Waals surface area contributed by atoms with E-state index in [2.05, 4.69) is 123 Å². The molecule has 0 unspecified atom stereocenters. The monoisotopic (exact) mass is 877 g/mol. The number of imidazole rings is 1. The molecule has 0 saturated heterocycles. The average Bonchev–Trinajstić information content (AvgIpc) is 3.70. The predicted octanol–water partition coefficient (Wildman–Crippen LogP) is 11.9. The minimum atomic E-state index is -1.50. The molecule has 265 valence electrons. The Morgan fingerprint density at radius 1 is 0.808 bits per heavy atom. The number of hydrogen-bond acceptors (Lipinski definition) is 3. The average molecular weight is 877 g/mol. The summed E-state index contributed by atoms with van der Waals surface area (Å²) in [7, 11) is -1.50. The second-order valence-electron chi connectivity index (χ2n) is 15.4. The number of benzene rings is 5. The van der Waals surface area contributed by atoms with Gasteiger partial charge in [-0.1, -0.05) is 119 Å². The van der Waals surface area contributed by atoms with Gasteiger partial charge >= 0.3 is 0 Å². The molecule has 0 N–H and O–H groups in total. The number of furan rings is 1. The molecule has 0 aliphatic heterocycles. The molecule has 1 radical (unpaired) electrons. The number of rotatable bonds is 5.